The van der Waals surface area contributed by atoms with E-state index in [4.69, 9.17) is 9.15 Å². The predicted molar refractivity (Wildman–Crippen MR) is 143 cm³/mol. The molecule has 0 fully saturated rings. The summed E-state index contributed by atoms with van der Waals surface area (Å²) in [5, 5.41) is 0.453. The number of rotatable bonds is 7. The van der Waals surface area contributed by atoms with Gasteiger partial charge in [0.25, 0.3) is 5.91 Å². The number of fused-ring (bicyclic) bond motifs is 2. The SMILES string of the molecule is CCCCOC(=O)c1ccc(N2C(=O)c3oc4ccc(C)cc4c(=O)c3C2c2ccc(CC)cc2)cc1. The van der Waals surface area contributed by atoms with Gasteiger partial charge in [-0.3, -0.25) is 14.5 Å². The van der Waals surface area contributed by atoms with Gasteiger partial charge in [-0.05, 0) is 67.3 Å². The van der Waals surface area contributed by atoms with E-state index in [2.05, 4.69) is 6.92 Å². The summed E-state index contributed by atoms with van der Waals surface area (Å²) in [5.74, 6) is -0.743. The highest BCUT2D eigenvalue weighted by Gasteiger charge is 2.43. The van der Waals surface area contributed by atoms with Gasteiger partial charge in [0.2, 0.25) is 5.76 Å². The van der Waals surface area contributed by atoms with Gasteiger partial charge in [-0.25, -0.2) is 4.79 Å². The largest absolute Gasteiger partial charge is 0.462 e. The van der Waals surface area contributed by atoms with Gasteiger partial charge in [-0.2, -0.15) is 0 Å². The van der Waals surface area contributed by atoms with Crippen LogP contribution in [0.4, 0.5) is 5.69 Å². The van der Waals surface area contributed by atoms with E-state index in [1.54, 1.807) is 41.3 Å². The summed E-state index contributed by atoms with van der Waals surface area (Å²) >= 11 is 0. The molecule has 0 spiro atoms. The molecule has 0 aliphatic carbocycles. The van der Waals surface area contributed by atoms with E-state index >= 15 is 0 Å². The Balaban J connectivity index is 1.62. The molecule has 0 N–H and O–H groups in total. The van der Waals surface area contributed by atoms with Gasteiger partial charge >= 0.3 is 5.97 Å². The summed E-state index contributed by atoms with van der Waals surface area (Å²) in [7, 11) is 0. The second-order valence-corrected chi connectivity index (χ2v) is 9.38. The Hall–Kier alpha value is -4.19. The number of nitrogens with zero attached hydrogens (tertiary/aromatic N) is 1. The molecule has 1 aromatic heterocycles. The van der Waals surface area contributed by atoms with Crippen LogP contribution in [-0.4, -0.2) is 18.5 Å². The second-order valence-electron chi connectivity index (χ2n) is 9.38. The van der Waals surface area contributed by atoms with E-state index in [1.165, 1.54) is 0 Å². The average Bonchev–Trinajstić information content (AvgIpc) is 3.21. The van der Waals surface area contributed by atoms with Crippen molar-refractivity contribution in [1.82, 2.24) is 0 Å². The number of aryl methyl sites for hydroxylation is 2. The fourth-order valence-corrected chi connectivity index (χ4v) is 4.75. The maximum Gasteiger partial charge on any atom is 0.338 e. The van der Waals surface area contributed by atoms with E-state index in [-0.39, 0.29) is 11.2 Å². The van der Waals surface area contributed by atoms with Crippen LogP contribution in [0.25, 0.3) is 11.0 Å². The molecule has 0 radical (unpaired) electrons. The molecular formula is C31H29NO5. The molecule has 1 atom stereocenters. The van der Waals surface area contributed by atoms with Crippen LogP contribution >= 0.6 is 0 Å². The highest BCUT2D eigenvalue weighted by atomic mass is 16.5. The summed E-state index contributed by atoms with van der Waals surface area (Å²) in [5.41, 5.74) is 4.38. The lowest BCUT2D eigenvalue weighted by Crippen LogP contribution is -2.29. The van der Waals surface area contributed by atoms with Gasteiger partial charge in [0.05, 0.1) is 29.2 Å². The zero-order chi connectivity index (χ0) is 26.1. The first-order valence-electron chi connectivity index (χ1n) is 12.7. The number of benzene rings is 3. The van der Waals surface area contributed by atoms with E-state index < -0.39 is 17.9 Å². The molecule has 4 aromatic rings. The van der Waals surface area contributed by atoms with Crippen molar-refractivity contribution in [2.45, 2.75) is 46.1 Å². The third kappa shape index (κ3) is 4.44. The van der Waals surface area contributed by atoms with Crippen LogP contribution in [-0.2, 0) is 11.2 Å². The number of esters is 1. The highest BCUT2D eigenvalue weighted by Crippen LogP contribution is 2.41. The van der Waals surface area contributed by atoms with E-state index in [0.29, 0.717) is 34.4 Å². The number of hydrogen-bond acceptors (Lipinski definition) is 5. The van der Waals surface area contributed by atoms with Gasteiger partial charge in [0, 0.05) is 5.69 Å². The summed E-state index contributed by atoms with van der Waals surface area (Å²) < 4.78 is 11.4. The first-order valence-corrected chi connectivity index (χ1v) is 12.7. The highest BCUT2D eigenvalue weighted by molar-refractivity contribution is 6.10. The van der Waals surface area contributed by atoms with E-state index in [0.717, 1.165) is 36.0 Å². The minimum atomic E-state index is -0.656. The molecule has 1 aliphatic rings. The van der Waals surface area contributed by atoms with Crippen molar-refractivity contribution in [2.24, 2.45) is 0 Å². The maximum atomic E-state index is 13.8. The number of anilines is 1. The topological polar surface area (TPSA) is 76.8 Å². The average molecular weight is 496 g/mol. The molecule has 1 aliphatic heterocycles. The molecule has 2 heterocycles. The predicted octanol–water partition coefficient (Wildman–Crippen LogP) is 6.37. The van der Waals surface area contributed by atoms with Crippen molar-refractivity contribution in [3.8, 4) is 0 Å². The van der Waals surface area contributed by atoms with Gasteiger partial charge in [-0.15, -0.1) is 0 Å². The molecule has 0 bridgehead atoms. The minimum Gasteiger partial charge on any atom is -0.462 e. The molecular weight excluding hydrogens is 466 g/mol. The quantitative estimate of drug-likeness (QED) is 0.220. The van der Waals surface area contributed by atoms with Crippen LogP contribution < -0.4 is 10.3 Å². The Kier molecular flexibility index (Phi) is 6.66. The molecule has 188 valence electrons. The fourth-order valence-electron chi connectivity index (χ4n) is 4.75. The number of carbonyl (C=O) groups is 2. The lowest BCUT2D eigenvalue weighted by Gasteiger charge is -2.25. The van der Waals surface area contributed by atoms with Gasteiger partial charge < -0.3 is 9.15 Å². The summed E-state index contributed by atoms with van der Waals surface area (Å²) in [6.07, 6.45) is 2.62. The Morgan fingerprint density at radius 1 is 0.973 bits per heavy atom. The van der Waals surface area contributed by atoms with Gasteiger partial charge in [0.15, 0.2) is 5.43 Å². The smallest absolute Gasteiger partial charge is 0.338 e. The van der Waals surface area contributed by atoms with Crippen molar-refractivity contribution in [3.63, 3.8) is 0 Å². The van der Waals surface area contributed by atoms with Crippen molar-refractivity contribution in [3.05, 3.63) is 111 Å². The van der Waals surface area contributed by atoms with Crippen LogP contribution in [0.2, 0.25) is 0 Å². The van der Waals surface area contributed by atoms with Crippen molar-refractivity contribution < 1.29 is 18.7 Å². The second kappa shape index (κ2) is 10.1. The first-order chi connectivity index (χ1) is 17.9. The molecule has 0 saturated carbocycles. The number of ether oxygens (including phenoxy) is 1. The van der Waals surface area contributed by atoms with Gasteiger partial charge in [0.1, 0.15) is 5.58 Å². The van der Waals surface area contributed by atoms with Crippen molar-refractivity contribution >= 4 is 28.5 Å². The van der Waals surface area contributed by atoms with Crippen molar-refractivity contribution in [1.29, 1.82) is 0 Å². The minimum absolute atomic E-state index is 0.0500. The zero-order valence-electron chi connectivity index (χ0n) is 21.2. The summed E-state index contributed by atoms with van der Waals surface area (Å²) in [4.78, 5) is 41.5. The standard InChI is InChI=1S/C31H29NO5/c1-4-6-17-36-31(35)22-12-14-23(15-13-22)32-27(21-10-8-20(5-2)9-11-21)26-28(33)24-18-19(3)7-16-25(24)37-29(26)30(32)34/h7-16,18,27H,4-6,17H2,1-3H3. The Labute approximate surface area is 215 Å². The normalized spacial score (nSPS) is 14.7. The molecule has 3 aromatic carbocycles. The Morgan fingerprint density at radius 3 is 2.38 bits per heavy atom. The molecule has 6 nitrogen and oxygen atoms in total. The molecule has 6 heteroatoms. The number of amides is 1. The van der Waals surface area contributed by atoms with Crippen LogP contribution in [0.1, 0.15) is 75.9 Å². The van der Waals surface area contributed by atoms with Crippen molar-refractivity contribution in [2.75, 3.05) is 11.5 Å². The molecule has 1 unspecified atom stereocenters. The third-order valence-electron chi connectivity index (χ3n) is 6.84. The van der Waals surface area contributed by atoms with Crippen LogP contribution in [0.5, 0.6) is 0 Å². The lowest BCUT2D eigenvalue weighted by atomic mass is 9.96. The molecule has 37 heavy (non-hydrogen) atoms. The Bertz CT molecular complexity index is 1530. The fraction of sp³-hybridized carbons (Fsp3) is 0.258. The molecule has 0 saturated heterocycles. The molecule has 5 rings (SSSR count). The van der Waals surface area contributed by atoms with Crippen LogP contribution in [0.15, 0.2) is 75.9 Å². The summed E-state index contributed by atoms with van der Waals surface area (Å²) in [6, 6.07) is 19.4. The first kappa shape index (κ1) is 24.5. The Morgan fingerprint density at radius 2 is 1.70 bits per heavy atom. The molecule has 1 amide bonds. The zero-order valence-corrected chi connectivity index (χ0v) is 21.2. The monoisotopic (exact) mass is 495 g/mol. The maximum absolute atomic E-state index is 13.8. The van der Waals surface area contributed by atoms with Crippen LogP contribution in [0, 0.1) is 6.92 Å². The summed E-state index contributed by atoms with van der Waals surface area (Å²) in [6.45, 7) is 6.39. The van der Waals surface area contributed by atoms with E-state index in [9.17, 15) is 14.4 Å². The van der Waals surface area contributed by atoms with E-state index in [1.807, 2.05) is 44.2 Å². The third-order valence-corrected chi connectivity index (χ3v) is 6.84. The lowest BCUT2D eigenvalue weighted by molar-refractivity contribution is 0.0499. The van der Waals surface area contributed by atoms with Crippen LogP contribution in [0.3, 0.4) is 0 Å². The number of hydrogen-bond donors (Lipinski definition) is 0. The van der Waals surface area contributed by atoms with Gasteiger partial charge in [-0.1, -0.05) is 56.2 Å². The number of unbranched alkanes of at least 4 members (excludes halogenated alkanes) is 1. The number of carbonyl (C=O) groups excluding carboxylic acids is 2.